The van der Waals surface area contributed by atoms with Crippen molar-refractivity contribution in [1.29, 1.82) is 0 Å². The van der Waals surface area contributed by atoms with Gasteiger partial charge in [0.15, 0.2) is 5.43 Å². The Morgan fingerprint density at radius 1 is 1.43 bits per heavy atom. The molecule has 2 aromatic heterocycles. The molecule has 0 atom stereocenters. The average Bonchev–Trinajstić information content (AvgIpc) is 2.45. The van der Waals surface area contributed by atoms with E-state index in [-0.39, 0.29) is 11.0 Å². The molecule has 0 aromatic carbocycles. The molecule has 21 heavy (non-hydrogen) atoms. The second-order valence-electron chi connectivity index (χ2n) is 4.51. The van der Waals surface area contributed by atoms with Crippen LogP contribution in [0.4, 0.5) is 0 Å². The highest BCUT2D eigenvalue weighted by molar-refractivity contribution is 5.93. The minimum atomic E-state index is -0.411. The molecule has 2 rings (SSSR count). The lowest BCUT2D eigenvalue weighted by Gasteiger charge is -2.07. The molecule has 0 aliphatic heterocycles. The van der Waals surface area contributed by atoms with Crippen molar-refractivity contribution in [2.45, 2.75) is 20.4 Å². The number of nitrogens with one attached hydrogen (secondary N) is 2. The third kappa shape index (κ3) is 3.92. The number of pyridine rings is 2. The Balaban J connectivity index is 2.04. The van der Waals surface area contributed by atoms with Crippen LogP contribution in [0.5, 0.6) is 5.88 Å². The molecule has 0 bridgehead atoms. The van der Waals surface area contributed by atoms with Gasteiger partial charge in [-0.25, -0.2) is 4.98 Å². The molecule has 110 valence electrons. The normalized spacial score (nSPS) is 10.2. The molecule has 0 fully saturated rings. The molecule has 2 N–H and O–H groups in total. The third-order valence-corrected chi connectivity index (χ3v) is 2.85. The number of nitrogens with zero attached hydrogens (tertiary/aromatic N) is 1. The summed E-state index contributed by atoms with van der Waals surface area (Å²) in [7, 11) is 0. The fourth-order valence-electron chi connectivity index (χ4n) is 1.82. The molecular weight excluding hydrogens is 270 g/mol. The van der Waals surface area contributed by atoms with E-state index in [2.05, 4.69) is 15.3 Å². The molecule has 2 aromatic rings. The molecule has 0 radical (unpaired) electrons. The van der Waals surface area contributed by atoms with E-state index in [1.165, 1.54) is 12.3 Å². The van der Waals surface area contributed by atoms with Gasteiger partial charge in [0.1, 0.15) is 5.56 Å². The van der Waals surface area contributed by atoms with E-state index >= 15 is 0 Å². The Labute approximate surface area is 122 Å². The predicted octanol–water partition coefficient (Wildman–Crippen LogP) is 1.41. The van der Waals surface area contributed by atoms with Gasteiger partial charge in [0.05, 0.1) is 6.61 Å². The van der Waals surface area contributed by atoms with Crippen LogP contribution < -0.4 is 15.5 Å². The van der Waals surface area contributed by atoms with Crippen LogP contribution in [0.25, 0.3) is 0 Å². The van der Waals surface area contributed by atoms with E-state index in [0.717, 1.165) is 5.56 Å². The number of carbonyl (C=O) groups is 1. The number of aromatic nitrogens is 2. The van der Waals surface area contributed by atoms with Crippen molar-refractivity contribution in [3.63, 3.8) is 0 Å². The first-order valence-electron chi connectivity index (χ1n) is 6.65. The zero-order valence-corrected chi connectivity index (χ0v) is 12.0. The summed E-state index contributed by atoms with van der Waals surface area (Å²) in [5.41, 5.74) is 1.37. The first-order valence-corrected chi connectivity index (χ1v) is 6.65. The summed E-state index contributed by atoms with van der Waals surface area (Å²) >= 11 is 0. The van der Waals surface area contributed by atoms with Gasteiger partial charge in [0, 0.05) is 36.8 Å². The molecule has 0 spiro atoms. The second kappa shape index (κ2) is 6.69. The summed E-state index contributed by atoms with van der Waals surface area (Å²) in [6, 6.07) is 4.93. The highest BCUT2D eigenvalue weighted by atomic mass is 16.5. The van der Waals surface area contributed by atoms with Gasteiger partial charge in [-0.1, -0.05) is 0 Å². The van der Waals surface area contributed by atoms with Gasteiger partial charge in [-0.05, 0) is 25.5 Å². The standard InChI is InChI=1S/C15H17N3O3/c1-3-21-14-7-11(4-5-16-14)8-18-15(20)12-9-17-10(2)6-13(12)19/h4-7,9H,3,8H2,1-2H3,(H,17,19)(H,18,20). The number of aromatic amines is 1. The van der Waals surface area contributed by atoms with Crippen molar-refractivity contribution in [3.05, 3.63) is 57.6 Å². The fourth-order valence-corrected chi connectivity index (χ4v) is 1.82. The Morgan fingerprint density at radius 3 is 2.95 bits per heavy atom. The van der Waals surface area contributed by atoms with Crippen LogP contribution in [-0.2, 0) is 6.54 Å². The highest BCUT2D eigenvalue weighted by Gasteiger charge is 2.10. The van der Waals surface area contributed by atoms with Crippen LogP contribution in [0.2, 0.25) is 0 Å². The van der Waals surface area contributed by atoms with Crippen molar-refractivity contribution in [2.75, 3.05) is 6.61 Å². The summed E-state index contributed by atoms with van der Waals surface area (Å²) in [5, 5.41) is 2.70. The molecule has 0 unspecified atom stereocenters. The van der Waals surface area contributed by atoms with Crippen molar-refractivity contribution in [1.82, 2.24) is 15.3 Å². The minimum Gasteiger partial charge on any atom is -0.478 e. The average molecular weight is 287 g/mol. The largest absolute Gasteiger partial charge is 0.478 e. The fraction of sp³-hybridized carbons (Fsp3) is 0.267. The highest BCUT2D eigenvalue weighted by Crippen LogP contribution is 2.09. The summed E-state index contributed by atoms with van der Waals surface area (Å²) < 4.78 is 5.29. The van der Waals surface area contributed by atoms with E-state index in [1.807, 2.05) is 6.92 Å². The van der Waals surface area contributed by atoms with Gasteiger partial charge in [-0.2, -0.15) is 0 Å². The maximum atomic E-state index is 12.0. The van der Waals surface area contributed by atoms with Gasteiger partial charge in [0.25, 0.3) is 5.91 Å². The second-order valence-corrected chi connectivity index (χ2v) is 4.51. The third-order valence-electron chi connectivity index (χ3n) is 2.85. The maximum absolute atomic E-state index is 12.0. The first kappa shape index (κ1) is 14.8. The Kier molecular flexibility index (Phi) is 4.71. The van der Waals surface area contributed by atoms with E-state index < -0.39 is 5.91 Å². The van der Waals surface area contributed by atoms with Gasteiger partial charge in [-0.15, -0.1) is 0 Å². The number of aryl methyl sites for hydroxylation is 1. The number of amides is 1. The van der Waals surface area contributed by atoms with Crippen LogP contribution in [0, 0.1) is 6.92 Å². The molecule has 6 nitrogen and oxygen atoms in total. The molecule has 1 amide bonds. The number of H-pyrrole nitrogens is 1. The molecule has 2 heterocycles. The smallest absolute Gasteiger partial charge is 0.257 e. The molecule has 0 saturated heterocycles. The predicted molar refractivity (Wildman–Crippen MR) is 78.4 cm³/mol. The van der Waals surface area contributed by atoms with Crippen LogP contribution in [0.3, 0.4) is 0 Å². The Bertz CT molecular complexity index is 695. The lowest BCUT2D eigenvalue weighted by molar-refractivity contribution is 0.0949. The van der Waals surface area contributed by atoms with Crippen LogP contribution in [0.1, 0.15) is 28.5 Å². The number of hydrogen-bond donors (Lipinski definition) is 2. The Morgan fingerprint density at radius 2 is 2.24 bits per heavy atom. The zero-order chi connectivity index (χ0) is 15.2. The Hall–Kier alpha value is -2.63. The molecule has 0 aliphatic rings. The van der Waals surface area contributed by atoms with E-state index in [4.69, 9.17) is 4.74 Å². The molecule has 0 aliphatic carbocycles. The molecule has 6 heteroatoms. The van der Waals surface area contributed by atoms with E-state index in [0.29, 0.717) is 24.7 Å². The van der Waals surface area contributed by atoms with E-state index in [1.54, 1.807) is 25.3 Å². The van der Waals surface area contributed by atoms with E-state index in [9.17, 15) is 9.59 Å². The lowest BCUT2D eigenvalue weighted by Crippen LogP contribution is -2.28. The number of hydrogen-bond acceptors (Lipinski definition) is 4. The van der Waals surface area contributed by atoms with Crippen molar-refractivity contribution in [2.24, 2.45) is 0 Å². The summed E-state index contributed by atoms with van der Waals surface area (Å²) in [5.74, 6) is 0.100. The van der Waals surface area contributed by atoms with Crippen LogP contribution >= 0.6 is 0 Å². The maximum Gasteiger partial charge on any atom is 0.257 e. The van der Waals surface area contributed by atoms with Crippen molar-refractivity contribution in [3.8, 4) is 5.88 Å². The molecule has 0 saturated carbocycles. The number of carbonyl (C=O) groups excluding carboxylic acids is 1. The first-order chi connectivity index (χ1) is 10.1. The molecular formula is C15H17N3O3. The van der Waals surface area contributed by atoms with Crippen molar-refractivity contribution >= 4 is 5.91 Å². The summed E-state index contributed by atoms with van der Waals surface area (Å²) in [6.45, 7) is 4.46. The van der Waals surface area contributed by atoms with Gasteiger partial charge >= 0.3 is 0 Å². The summed E-state index contributed by atoms with van der Waals surface area (Å²) in [6.07, 6.45) is 3.04. The van der Waals surface area contributed by atoms with Crippen LogP contribution in [-0.4, -0.2) is 22.5 Å². The van der Waals surface area contributed by atoms with Crippen LogP contribution in [0.15, 0.2) is 35.4 Å². The van der Waals surface area contributed by atoms with Gasteiger partial charge < -0.3 is 15.0 Å². The monoisotopic (exact) mass is 287 g/mol. The topological polar surface area (TPSA) is 84.1 Å². The minimum absolute atomic E-state index is 0.0969. The van der Waals surface area contributed by atoms with Crippen molar-refractivity contribution < 1.29 is 9.53 Å². The number of ether oxygens (including phenoxy) is 1. The van der Waals surface area contributed by atoms with Gasteiger partial charge in [-0.3, -0.25) is 9.59 Å². The summed E-state index contributed by atoms with van der Waals surface area (Å²) in [4.78, 5) is 30.6. The SMILES string of the molecule is CCOc1cc(CNC(=O)c2c[nH]c(C)cc2=O)ccn1. The van der Waals surface area contributed by atoms with Gasteiger partial charge in [0.2, 0.25) is 5.88 Å². The number of rotatable bonds is 5. The quantitative estimate of drug-likeness (QED) is 0.870. The lowest BCUT2D eigenvalue weighted by atomic mass is 10.2. The zero-order valence-electron chi connectivity index (χ0n) is 12.0.